The summed E-state index contributed by atoms with van der Waals surface area (Å²) in [5, 5.41) is 12.6. The highest BCUT2D eigenvalue weighted by Gasteiger charge is 2.52. The Balaban J connectivity index is 1.58. The summed E-state index contributed by atoms with van der Waals surface area (Å²) in [6.07, 6.45) is -3.37. The van der Waals surface area contributed by atoms with E-state index >= 15 is 0 Å². The molecule has 0 saturated carbocycles. The predicted octanol–water partition coefficient (Wildman–Crippen LogP) is 4.92. The number of hydrogen-bond donors (Lipinski definition) is 1. The standard InChI is InChI=1S/C24H19F4N5O2/c1-23(2)21(34)33(15-6-5-14(13-29)17(12-15)24(26,27)28)22(35)32(23)11-10-30-19-8-7-18(25)20-16(19)4-3-9-31-20/h3-9,12,30H,10-11H2,1-2H3. The number of benzene rings is 2. The Kier molecular flexibility index (Phi) is 5.84. The quantitative estimate of drug-likeness (QED) is 0.409. The van der Waals surface area contributed by atoms with Gasteiger partial charge < -0.3 is 10.2 Å². The number of urea groups is 1. The normalized spacial score (nSPS) is 15.6. The Bertz CT molecular complexity index is 1380. The molecule has 1 aromatic heterocycles. The van der Waals surface area contributed by atoms with Crippen molar-refractivity contribution in [2.75, 3.05) is 23.3 Å². The molecule has 2 aromatic carbocycles. The molecule has 1 N–H and O–H groups in total. The van der Waals surface area contributed by atoms with Gasteiger partial charge >= 0.3 is 12.2 Å². The summed E-state index contributed by atoms with van der Waals surface area (Å²) in [6.45, 7) is 3.21. The van der Waals surface area contributed by atoms with Crippen molar-refractivity contribution >= 4 is 34.2 Å². The minimum Gasteiger partial charge on any atom is -0.383 e. The number of nitrogens with zero attached hydrogens (tertiary/aromatic N) is 4. The molecule has 35 heavy (non-hydrogen) atoms. The average molecular weight is 485 g/mol. The number of pyridine rings is 1. The fourth-order valence-electron chi connectivity index (χ4n) is 4.04. The zero-order valence-electron chi connectivity index (χ0n) is 18.7. The number of rotatable bonds is 5. The Morgan fingerprint density at radius 3 is 2.57 bits per heavy atom. The first kappa shape index (κ1) is 23.9. The number of anilines is 2. The van der Waals surface area contributed by atoms with E-state index in [4.69, 9.17) is 5.26 Å². The van der Waals surface area contributed by atoms with Crippen LogP contribution in [-0.4, -0.2) is 40.5 Å². The van der Waals surface area contributed by atoms with Crippen molar-refractivity contribution in [2.24, 2.45) is 0 Å². The van der Waals surface area contributed by atoms with Crippen LogP contribution in [0.15, 0.2) is 48.7 Å². The lowest BCUT2D eigenvalue weighted by molar-refractivity contribution is -0.137. The van der Waals surface area contributed by atoms with Crippen LogP contribution in [0.4, 0.5) is 33.7 Å². The number of carbonyl (C=O) groups excluding carboxylic acids is 2. The second-order valence-corrected chi connectivity index (χ2v) is 8.39. The molecule has 4 rings (SSSR count). The third-order valence-electron chi connectivity index (χ3n) is 5.88. The number of alkyl halides is 3. The van der Waals surface area contributed by atoms with Gasteiger partial charge in [-0.15, -0.1) is 0 Å². The lowest BCUT2D eigenvalue weighted by atomic mass is 10.0. The summed E-state index contributed by atoms with van der Waals surface area (Å²) in [5.41, 5.74) is -2.70. The van der Waals surface area contributed by atoms with Crippen molar-refractivity contribution in [1.29, 1.82) is 5.26 Å². The molecule has 0 aliphatic carbocycles. The molecule has 7 nitrogen and oxygen atoms in total. The SMILES string of the molecule is CC1(C)C(=O)N(c2ccc(C#N)c(C(F)(F)F)c2)C(=O)N1CCNc1ccc(F)c2ncccc12. The van der Waals surface area contributed by atoms with Crippen LogP contribution in [0.1, 0.15) is 25.0 Å². The second-order valence-electron chi connectivity index (χ2n) is 8.39. The summed E-state index contributed by atoms with van der Waals surface area (Å²) in [7, 11) is 0. The highest BCUT2D eigenvalue weighted by Crippen LogP contribution is 2.37. The number of imide groups is 1. The van der Waals surface area contributed by atoms with Crippen LogP contribution < -0.4 is 10.2 Å². The van der Waals surface area contributed by atoms with Gasteiger partial charge in [-0.2, -0.15) is 18.4 Å². The number of aromatic nitrogens is 1. The van der Waals surface area contributed by atoms with Crippen LogP contribution >= 0.6 is 0 Å². The van der Waals surface area contributed by atoms with Crippen molar-refractivity contribution in [3.63, 3.8) is 0 Å². The van der Waals surface area contributed by atoms with Gasteiger partial charge in [-0.25, -0.2) is 14.1 Å². The number of nitriles is 1. The van der Waals surface area contributed by atoms with Gasteiger partial charge in [-0.05, 0) is 56.3 Å². The molecule has 0 radical (unpaired) electrons. The second kappa shape index (κ2) is 8.54. The molecule has 0 bridgehead atoms. The van der Waals surface area contributed by atoms with E-state index in [1.165, 1.54) is 43.1 Å². The minimum atomic E-state index is -4.83. The fourth-order valence-corrected chi connectivity index (χ4v) is 4.04. The van der Waals surface area contributed by atoms with Gasteiger partial charge in [0.1, 0.15) is 16.9 Å². The molecule has 0 unspecified atom stereocenters. The maximum atomic E-state index is 14.0. The highest BCUT2D eigenvalue weighted by atomic mass is 19.4. The number of amides is 3. The van der Waals surface area contributed by atoms with Gasteiger partial charge in [-0.1, -0.05) is 0 Å². The molecule has 2 heterocycles. The molecular weight excluding hydrogens is 466 g/mol. The van der Waals surface area contributed by atoms with E-state index < -0.39 is 40.6 Å². The van der Waals surface area contributed by atoms with Crippen LogP contribution in [-0.2, 0) is 11.0 Å². The number of carbonyl (C=O) groups is 2. The van der Waals surface area contributed by atoms with Crippen molar-refractivity contribution in [3.05, 3.63) is 65.6 Å². The third kappa shape index (κ3) is 4.12. The Morgan fingerprint density at radius 1 is 1.14 bits per heavy atom. The smallest absolute Gasteiger partial charge is 0.383 e. The average Bonchev–Trinajstić information content (AvgIpc) is 2.98. The van der Waals surface area contributed by atoms with E-state index in [-0.39, 0.29) is 24.3 Å². The maximum Gasteiger partial charge on any atom is 0.417 e. The van der Waals surface area contributed by atoms with E-state index in [9.17, 15) is 27.2 Å². The molecule has 3 amide bonds. The Labute approximate surface area is 197 Å². The highest BCUT2D eigenvalue weighted by molar-refractivity contribution is 6.23. The predicted molar refractivity (Wildman–Crippen MR) is 120 cm³/mol. The molecule has 180 valence electrons. The summed E-state index contributed by atoms with van der Waals surface area (Å²) >= 11 is 0. The van der Waals surface area contributed by atoms with Gasteiger partial charge in [0.15, 0.2) is 0 Å². The fraction of sp³-hybridized carbons (Fsp3) is 0.250. The van der Waals surface area contributed by atoms with Gasteiger partial charge in [0.05, 0.1) is 22.9 Å². The Morgan fingerprint density at radius 2 is 1.89 bits per heavy atom. The lowest BCUT2D eigenvalue weighted by Crippen LogP contribution is -2.46. The summed E-state index contributed by atoms with van der Waals surface area (Å²) < 4.78 is 54.2. The first-order valence-electron chi connectivity index (χ1n) is 10.5. The zero-order valence-corrected chi connectivity index (χ0v) is 18.7. The summed E-state index contributed by atoms with van der Waals surface area (Å²) in [4.78, 5) is 32.2. The van der Waals surface area contributed by atoms with Crippen LogP contribution in [0.5, 0.6) is 0 Å². The van der Waals surface area contributed by atoms with Crippen molar-refractivity contribution in [3.8, 4) is 6.07 Å². The van der Waals surface area contributed by atoms with Crippen molar-refractivity contribution in [2.45, 2.75) is 25.6 Å². The Hall–Kier alpha value is -4.20. The molecule has 1 fully saturated rings. The van der Waals surface area contributed by atoms with E-state index in [1.54, 1.807) is 12.1 Å². The summed E-state index contributed by atoms with van der Waals surface area (Å²) in [5.74, 6) is -1.18. The molecule has 11 heteroatoms. The number of halogens is 4. The molecule has 0 spiro atoms. The molecule has 1 aliphatic heterocycles. The van der Waals surface area contributed by atoms with Gasteiger partial charge in [0.2, 0.25) is 0 Å². The van der Waals surface area contributed by atoms with Gasteiger partial charge in [-0.3, -0.25) is 9.78 Å². The summed E-state index contributed by atoms with van der Waals surface area (Å²) in [6, 6.07) is 9.52. The number of fused-ring (bicyclic) bond motifs is 1. The van der Waals surface area contributed by atoms with Crippen LogP contribution in [0.25, 0.3) is 10.9 Å². The van der Waals surface area contributed by atoms with E-state index in [1.807, 2.05) is 0 Å². The largest absolute Gasteiger partial charge is 0.417 e. The van der Waals surface area contributed by atoms with Gasteiger partial charge in [0, 0.05) is 30.4 Å². The van der Waals surface area contributed by atoms with Crippen molar-refractivity contribution < 1.29 is 27.2 Å². The zero-order chi connectivity index (χ0) is 25.5. The minimum absolute atomic E-state index is 0.0373. The number of hydrogen-bond acceptors (Lipinski definition) is 5. The number of nitrogens with one attached hydrogen (secondary N) is 1. The van der Waals surface area contributed by atoms with Crippen LogP contribution in [0.2, 0.25) is 0 Å². The van der Waals surface area contributed by atoms with Crippen LogP contribution in [0.3, 0.4) is 0 Å². The topological polar surface area (TPSA) is 89.3 Å². The van der Waals surface area contributed by atoms with Crippen LogP contribution in [0, 0.1) is 17.1 Å². The molecule has 3 aromatic rings. The molecule has 1 aliphatic rings. The maximum absolute atomic E-state index is 14.0. The van der Waals surface area contributed by atoms with Crippen molar-refractivity contribution in [1.82, 2.24) is 9.88 Å². The van der Waals surface area contributed by atoms with Gasteiger partial charge in [0.25, 0.3) is 5.91 Å². The van der Waals surface area contributed by atoms with E-state index in [0.717, 1.165) is 12.1 Å². The monoisotopic (exact) mass is 485 g/mol. The first-order valence-corrected chi connectivity index (χ1v) is 10.5. The molecule has 1 saturated heterocycles. The van der Waals surface area contributed by atoms with E-state index in [2.05, 4.69) is 10.3 Å². The van der Waals surface area contributed by atoms with E-state index in [0.29, 0.717) is 22.0 Å². The molecule has 0 atom stereocenters. The third-order valence-corrected chi connectivity index (χ3v) is 5.88. The first-order chi connectivity index (χ1) is 16.5. The molecular formula is C24H19F4N5O2. The lowest BCUT2D eigenvalue weighted by Gasteiger charge is -2.28.